The Morgan fingerprint density at radius 2 is 1.76 bits per heavy atom. The minimum atomic E-state index is -0.929. The maximum Gasteiger partial charge on any atom is 0.351 e. The van der Waals surface area contributed by atoms with E-state index in [0.717, 1.165) is 0 Å². The molecule has 0 aliphatic carbocycles. The second kappa shape index (κ2) is 7.25. The zero-order valence-electron chi connectivity index (χ0n) is 13.9. The molecule has 1 heterocycles. The van der Waals surface area contributed by atoms with Crippen LogP contribution in [-0.2, 0) is 9.53 Å². The molecule has 0 amide bonds. The maximum absolute atomic E-state index is 12.4. The van der Waals surface area contributed by atoms with Gasteiger partial charge >= 0.3 is 5.97 Å². The Morgan fingerprint density at radius 3 is 2.44 bits per heavy atom. The summed E-state index contributed by atoms with van der Waals surface area (Å²) in [5.41, 5.74) is 0.437. The fourth-order valence-corrected chi connectivity index (χ4v) is 2.43. The zero-order chi connectivity index (χ0) is 17.8. The van der Waals surface area contributed by atoms with Crippen LogP contribution in [0.15, 0.2) is 48.5 Å². The standard InChI is InChI=1S/C19H18O6/c1-12(18(20)13-7-9-14(22-2)10-8-13)24-19(21)17-11-23-15-5-3-4-6-16(15)25-17/h3-10,12,17H,11H2,1-2H3/t12-,17-/m1/s1. The average molecular weight is 342 g/mol. The van der Waals surface area contributed by atoms with Crippen molar-refractivity contribution in [2.45, 2.75) is 19.1 Å². The van der Waals surface area contributed by atoms with Gasteiger partial charge in [-0.25, -0.2) is 4.79 Å². The number of carbonyl (C=O) groups excluding carboxylic acids is 2. The van der Waals surface area contributed by atoms with Crippen molar-refractivity contribution in [2.75, 3.05) is 13.7 Å². The molecule has 130 valence electrons. The first kappa shape index (κ1) is 16.8. The van der Waals surface area contributed by atoms with Gasteiger partial charge in [-0.05, 0) is 43.3 Å². The number of hydrogen-bond acceptors (Lipinski definition) is 6. The van der Waals surface area contributed by atoms with Gasteiger partial charge in [-0.3, -0.25) is 4.79 Å². The number of methoxy groups -OCH3 is 1. The summed E-state index contributed by atoms with van der Waals surface area (Å²) in [5.74, 6) is 0.767. The number of ether oxygens (including phenoxy) is 4. The molecule has 0 unspecified atom stereocenters. The van der Waals surface area contributed by atoms with Gasteiger partial charge in [0.25, 0.3) is 0 Å². The highest BCUT2D eigenvalue weighted by molar-refractivity contribution is 6.00. The molecule has 0 radical (unpaired) electrons. The zero-order valence-corrected chi connectivity index (χ0v) is 13.9. The third-order valence-electron chi connectivity index (χ3n) is 3.81. The molecule has 2 aromatic carbocycles. The van der Waals surface area contributed by atoms with Crippen molar-refractivity contribution in [2.24, 2.45) is 0 Å². The highest BCUT2D eigenvalue weighted by Gasteiger charge is 2.31. The first-order valence-electron chi connectivity index (χ1n) is 7.85. The van der Waals surface area contributed by atoms with Gasteiger partial charge in [-0.15, -0.1) is 0 Å². The first-order chi connectivity index (χ1) is 12.1. The van der Waals surface area contributed by atoms with Crippen LogP contribution in [-0.4, -0.2) is 37.7 Å². The van der Waals surface area contributed by atoms with Gasteiger partial charge in [0.1, 0.15) is 12.4 Å². The second-order valence-corrected chi connectivity index (χ2v) is 5.54. The monoisotopic (exact) mass is 342 g/mol. The molecule has 2 atom stereocenters. The van der Waals surface area contributed by atoms with E-state index in [2.05, 4.69) is 0 Å². The van der Waals surface area contributed by atoms with Crippen LogP contribution in [0, 0.1) is 0 Å². The summed E-state index contributed by atoms with van der Waals surface area (Å²) in [4.78, 5) is 24.6. The molecular formula is C19H18O6. The summed E-state index contributed by atoms with van der Waals surface area (Å²) in [6.45, 7) is 1.57. The lowest BCUT2D eigenvalue weighted by Gasteiger charge is -2.25. The number of carbonyl (C=O) groups is 2. The van der Waals surface area contributed by atoms with Crippen molar-refractivity contribution >= 4 is 11.8 Å². The third-order valence-corrected chi connectivity index (χ3v) is 3.81. The SMILES string of the molecule is COc1ccc(C(=O)[C@@H](C)OC(=O)[C@H]2COc3ccccc3O2)cc1. The Hall–Kier alpha value is -3.02. The quantitative estimate of drug-likeness (QED) is 0.614. The maximum atomic E-state index is 12.4. The van der Waals surface area contributed by atoms with Crippen LogP contribution >= 0.6 is 0 Å². The average Bonchev–Trinajstić information content (AvgIpc) is 2.67. The van der Waals surface area contributed by atoms with Crippen molar-refractivity contribution in [3.05, 3.63) is 54.1 Å². The number of hydrogen-bond donors (Lipinski definition) is 0. The first-order valence-corrected chi connectivity index (χ1v) is 7.85. The van der Waals surface area contributed by atoms with Crippen molar-refractivity contribution in [3.63, 3.8) is 0 Å². The van der Waals surface area contributed by atoms with Crippen LogP contribution in [0.2, 0.25) is 0 Å². The summed E-state index contributed by atoms with van der Waals surface area (Å²) in [7, 11) is 1.55. The van der Waals surface area contributed by atoms with Crippen molar-refractivity contribution in [1.82, 2.24) is 0 Å². The molecule has 0 N–H and O–H groups in total. The van der Waals surface area contributed by atoms with Gasteiger partial charge in [-0.1, -0.05) is 12.1 Å². The highest BCUT2D eigenvalue weighted by Crippen LogP contribution is 2.31. The summed E-state index contributed by atoms with van der Waals surface area (Å²) < 4.78 is 21.4. The van der Waals surface area contributed by atoms with Gasteiger partial charge in [-0.2, -0.15) is 0 Å². The molecule has 1 aliphatic rings. The van der Waals surface area contributed by atoms with E-state index in [4.69, 9.17) is 18.9 Å². The minimum absolute atomic E-state index is 0.0410. The minimum Gasteiger partial charge on any atom is -0.497 e. The van der Waals surface area contributed by atoms with Crippen LogP contribution in [0.4, 0.5) is 0 Å². The molecule has 25 heavy (non-hydrogen) atoms. The molecule has 6 heteroatoms. The molecule has 0 bridgehead atoms. The fraction of sp³-hybridized carbons (Fsp3) is 0.263. The lowest BCUT2D eigenvalue weighted by atomic mass is 10.1. The Kier molecular flexibility index (Phi) is 4.88. The van der Waals surface area contributed by atoms with E-state index < -0.39 is 18.2 Å². The van der Waals surface area contributed by atoms with Crippen LogP contribution in [0.3, 0.4) is 0 Å². The molecule has 2 aromatic rings. The lowest BCUT2D eigenvalue weighted by Crippen LogP contribution is -2.40. The van der Waals surface area contributed by atoms with E-state index in [-0.39, 0.29) is 12.4 Å². The van der Waals surface area contributed by atoms with E-state index in [1.54, 1.807) is 49.6 Å². The molecule has 3 rings (SSSR count). The Bertz CT molecular complexity index is 768. The van der Waals surface area contributed by atoms with E-state index >= 15 is 0 Å². The molecule has 0 saturated carbocycles. The normalized spacial score (nSPS) is 16.6. The van der Waals surface area contributed by atoms with E-state index in [0.29, 0.717) is 22.8 Å². The smallest absolute Gasteiger partial charge is 0.351 e. The topological polar surface area (TPSA) is 71.1 Å². The van der Waals surface area contributed by atoms with Crippen molar-refractivity contribution < 1.29 is 28.5 Å². The summed E-state index contributed by atoms with van der Waals surface area (Å²) in [6.07, 6.45) is -1.83. The van der Waals surface area contributed by atoms with E-state index in [1.165, 1.54) is 6.92 Å². The number of para-hydroxylation sites is 2. The molecule has 1 aliphatic heterocycles. The lowest BCUT2D eigenvalue weighted by molar-refractivity contribution is -0.157. The third kappa shape index (κ3) is 3.74. The van der Waals surface area contributed by atoms with Gasteiger partial charge < -0.3 is 18.9 Å². The van der Waals surface area contributed by atoms with Crippen LogP contribution in [0.1, 0.15) is 17.3 Å². The van der Waals surface area contributed by atoms with Crippen LogP contribution in [0.25, 0.3) is 0 Å². The van der Waals surface area contributed by atoms with Crippen LogP contribution < -0.4 is 14.2 Å². The molecule has 0 saturated heterocycles. The predicted octanol–water partition coefficient (Wildman–Crippen LogP) is 2.65. The summed E-state index contributed by atoms with van der Waals surface area (Å²) in [5, 5.41) is 0. The molecule has 0 fully saturated rings. The number of fused-ring (bicyclic) bond motifs is 1. The van der Waals surface area contributed by atoms with E-state index in [9.17, 15) is 9.59 Å². The number of rotatable bonds is 5. The van der Waals surface area contributed by atoms with Gasteiger partial charge in [0.2, 0.25) is 11.9 Å². The Labute approximate surface area is 145 Å². The summed E-state index contributed by atoms with van der Waals surface area (Å²) in [6, 6.07) is 13.7. The number of esters is 1. The summed E-state index contributed by atoms with van der Waals surface area (Å²) >= 11 is 0. The predicted molar refractivity (Wildman–Crippen MR) is 89.2 cm³/mol. The van der Waals surface area contributed by atoms with E-state index in [1.807, 2.05) is 6.07 Å². The largest absolute Gasteiger partial charge is 0.497 e. The number of ketones is 1. The van der Waals surface area contributed by atoms with Gasteiger partial charge in [0, 0.05) is 5.56 Å². The molecular weight excluding hydrogens is 324 g/mol. The van der Waals surface area contributed by atoms with Crippen molar-refractivity contribution in [3.8, 4) is 17.2 Å². The second-order valence-electron chi connectivity index (χ2n) is 5.54. The highest BCUT2D eigenvalue weighted by atomic mass is 16.6. The number of Topliss-reactive ketones (excluding diaryl/α,β-unsaturated/α-hetero) is 1. The molecule has 0 spiro atoms. The van der Waals surface area contributed by atoms with Crippen molar-refractivity contribution in [1.29, 1.82) is 0 Å². The number of benzene rings is 2. The van der Waals surface area contributed by atoms with Crippen LogP contribution in [0.5, 0.6) is 17.2 Å². The Balaban J connectivity index is 1.61. The van der Waals surface area contributed by atoms with Gasteiger partial charge in [0.05, 0.1) is 7.11 Å². The molecule has 6 nitrogen and oxygen atoms in total. The fourth-order valence-electron chi connectivity index (χ4n) is 2.43. The molecule has 0 aromatic heterocycles. The Morgan fingerprint density at radius 1 is 1.08 bits per heavy atom. The van der Waals surface area contributed by atoms with Gasteiger partial charge in [0.15, 0.2) is 17.6 Å².